The van der Waals surface area contributed by atoms with Crippen LogP contribution in [0.2, 0.25) is 0 Å². The zero-order valence-electron chi connectivity index (χ0n) is 15.8. The van der Waals surface area contributed by atoms with Gasteiger partial charge in [0, 0.05) is 29.2 Å². The molecule has 0 aliphatic heterocycles. The molecule has 0 bridgehead atoms. The highest BCUT2D eigenvalue weighted by Gasteiger charge is 2.35. The molecular weight excluding hydrogens is 392 g/mol. The molecule has 10 heteroatoms. The topological polar surface area (TPSA) is 82.3 Å². The van der Waals surface area contributed by atoms with E-state index in [2.05, 4.69) is 15.3 Å². The molecule has 0 aliphatic carbocycles. The Labute approximate surface area is 163 Å². The first-order valence-electron chi connectivity index (χ1n) is 8.43. The van der Waals surface area contributed by atoms with E-state index >= 15 is 0 Å². The van der Waals surface area contributed by atoms with Crippen LogP contribution in [-0.4, -0.2) is 24.2 Å². The Hall–Kier alpha value is -3.30. The summed E-state index contributed by atoms with van der Waals surface area (Å²) in [7, 11) is 2.95. The summed E-state index contributed by atoms with van der Waals surface area (Å²) in [5.74, 6) is 0.222. The second-order valence-electron chi connectivity index (χ2n) is 6.24. The molecule has 3 aromatic rings. The third kappa shape index (κ3) is 4.10. The number of hydrogen-bond donors (Lipinski definition) is 2. The predicted molar refractivity (Wildman–Crippen MR) is 101 cm³/mol. The number of hydrogen-bond acceptors (Lipinski definition) is 6. The summed E-state index contributed by atoms with van der Waals surface area (Å²) in [6.45, 7) is 1.39. The molecular formula is C19H18F4N4O2. The lowest BCUT2D eigenvalue weighted by atomic mass is 10.1. The Morgan fingerprint density at radius 3 is 2.31 bits per heavy atom. The second-order valence-corrected chi connectivity index (χ2v) is 6.24. The minimum absolute atomic E-state index is 0.189. The number of rotatable bonds is 5. The first kappa shape index (κ1) is 20.4. The van der Waals surface area contributed by atoms with Gasteiger partial charge in [0.1, 0.15) is 17.5 Å². The van der Waals surface area contributed by atoms with Gasteiger partial charge in [-0.1, -0.05) is 0 Å². The number of anilines is 2. The summed E-state index contributed by atoms with van der Waals surface area (Å²) in [5, 5.41) is 3.41. The lowest BCUT2D eigenvalue weighted by molar-refractivity contribution is -0.140. The average Bonchev–Trinajstić information content (AvgIpc) is 2.66. The summed E-state index contributed by atoms with van der Waals surface area (Å²) < 4.78 is 64.0. The highest BCUT2D eigenvalue weighted by atomic mass is 19.4. The summed E-state index contributed by atoms with van der Waals surface area (Å²) in [5.41, 5.74) is 4.22. The molecule has 0 saturated heterocycles. The number of aromatic nitrogens is 2. The van der Waals surface area contributed by atoms with Crippen LogP contribution < -0.4 is 20.5 Å². The van der Waals surface area contributed by atoms with E-state index in [-0.39, 0.29) is 17.8 Å². The number of nitrogens with two attached hydrogens (primary N) is 1. The van der Waals surface area contributed by atoms with Crippen molar-refractivity contribution in [2.45, 2.75) is 19.6 Å². The number of aryl methyl sites for hydroxylation is 1. The van der Waals surface area contributed by atoms with Gasteiger partial charge in [0.25, 0.3) is 0 Å². The summed E-state index contributed by atoms with van der Waals surface area (Å²) in [4.78, 5) is 8.60. The van der Waals surface area contributed by atoms with Gasteiger partial charge in [-0.2, -0.15) is 13.2 Å². The van der Waals surface area contributed by atoms with E-state index in [9.17, 15) is 17.6 Å². The first-order chi connectivity index (χ1) is 13.6. The maximum atomic E-state index is 14.4. The van der Waals surface area contributed by atoms with Crippen molar-refractivity contribution in [1.29, 1.82) is 0 Å². The normalized spacial score (nSPS) is 11.6. The van der Waals surface area contributed by atoms with Gasteiger partial charge in [-0.25, -0.2) is 14.4 Å². The van der Waals surface area contributed by atoms with Crippen LogP contribution in [0.3, 0.4) is 0 Å². The van der Waals surface area contributed by atoms with Gasteiger partial charge in [-0.15, -0.1) is 0 Å². The standard InChI is InChI=1S/C19H18F4N4O2/c1-9-26-14-7-16(29-3)15(28-2)6-12(14)18(27-9)25-8-10-4-11(24)5-13(17(10)20)19(21,22)23/h4-7H,8,24H2,1-3H3,(H,25,26,27). The van der Waals surface area contributed by atoms with Crippen molar-refractivity contribution >= 4 is 22.4 Å². The van der Waals surface area contributed by atoms with E-state index < -0.39 is 17.6 Å². The van der Waals surface area contributed by atoms with Crippen molar-refractivity contribution in [2.24, 2.45) is 0 Å². The van der Waals surface area contributed by atoms with Crippen LogP contribution in [0.15, 0.2) is 24.3 Å². The molecule has 3 N–H and O–H groups in total. The van der Waals surface area contributed by atoms with Crippen LogP contribution in [0.5, 0.6) is 11.5 Å². The Balaban J connectivity index is 2.02. The van der Waals surface area contributed by atoms with Crippen LogP contribution in [0, 0.1) is 12.7 Å². The summed E-state index contributed by atoms with van der Waals surface area (Å²) >= 11 is 0. The number of methoxy groups -OCH3 is 2. The van der Waals surface area contributed by atoms with Crippen LogP contribution in [0.4, 0.5) is 29.1 Å². The quantitative estimate of drug-likeness (QED) is 0.482. The number of fused-ring (bicyclic) bond motifs is 1. The van der Waals surface area contributed by atoms with Crippen LogP contribution in [0.1, 0.15) is 17.0 Å². The molecule has 2 aromatic carbocycles. The molecule has 1 heterocycles. The zero-order valence-corrected chi connectivity index (χ0v) is 15.8. The van der Waals surface area contributed by atoms with Gasteiger partial charge >= 0.3 is 6.18 Å². The Morgan fingerprint density at radius 2 is 1.69 bits per heavy atom. The van der Waals surface area contributed by atoms with E-state index in [1.807, 2.05) is 0 Å². The number of benzene rings is 2. The number of ether oxygens (including phenoxy) is 2. The van der Waals surface area contributed by atoms with Crippen LogP contribution in [0.25, 0.3) is 10.9 Å². The molecule has 0 radical (unpaired) electrons. The molecule has 0 saturated carbocycles. The first-order valence-corrected chi connectivity index (χ1v) is 8.43. The Morgan fingerprint density at radius 1 is 1.03 bits per heavy atom. The zero-order chi connectivity index (χ0) is 21.3. The fourth-order valence-corrected chi connectivity index (χ4v) is 2.93. The molecule has 0 fully saturated rings. The van der Waals surface area contributed by atoms with Gasteiger partial charge in [-0.3, -0.25) is 0 Å². The molecule has 0 aliphatic rings. The van der Waals surface area contributed by atoms with Crippen molar-refractivity contribution in [3.63, 3.8) is 0 Å². The third-order valence-corrected chi connectivity index (χ3v) is 4.23. The fraction of sp³-hybridized carbons (Fsp3) is 0.263. The van der Waals surface area contributed by atoms with Gasteiger partial charge in [0.05, 0.1) is 25.3 Å². The minimum atomic E-state index is -4.85. The van der Waals surface area contributed by atoms with E-state index in [4.69, 9.17) is 15.2 Å². The molecule has 154 valence electrons. The maximum Gasteiger partial charge on any atom is 0.419 e. The molecule has 1 aromatic heterocycles. The molecule has 0 atom stereocenters. The van der Waals surface area contributed by atoms with Crippen molar-refractivity contribution in [2.75, 3.05) is 25.3 Å². The summed E-state index contributed by atoms with van der Waals surface area (Å²) in [6.07, 6.45) is -4.85. The largest absolute Gasteiger partial charge is 0.493 e. The van der Waals surface area contributed by atoms with Crippen molar-refractivity contribution in [1.82, 2.24) is 9.97 Å². The van der Waals surface area contributed by atoms with E-state index in [0.29, 0.717) is 40.1 Å². The summed E-state index contributed by atoms with van der Waals surface area (Å²) in [6, 6.07) is 5.00. The minimum Gasteiger partial charge on any atom is -0.493 e. The van der Waals surface area contributed by atoms with Crippen molar-refractivity contribution in [3.05, 3.63) is 47.0 Å². The average molecular weight is 410 g/mol. The number of nitrogen functional groups attached to an aromatic ring is 1. The van der Waals surface area contributed by atoms with Gasteiger partial charge in [0.2, 0.25) is 0 Å². The second kappa shape index (κ2) is 7.61. The predicted octanol–water partition coefficient (Wildman–Crippen LogP) is 4.31. The lowest BCUT2D eigenvalue weighted by Gasteiger charge is -2.15. The molecule has 6 nitrogen and oxygen atoms in total. The van der Waals surface area contributed by atoms with Gasteiger partial charge in [-0.05, 0) is 25.1 Å². The maximum absolute atomic E-state index is 14.4. The van der Waals surface area contributed by atoms with Crippen LogP contribution in [-0.2, 0) is 12.7 Å². The van der Waals surface area contributed by atoms with E-state index in [0.717, 1.165) is 6.07 Å². The number of nitrogens with one attached hydrogen (secondary N) is 1. The monoisotopic (exact) mass is 410 g/mol. The van der Waals surface area contributed by atoms with Crippen molar-refractivity contribution in [3.8, 4) is 11.5 Å². The fourth-order valence-electron chi connectivity index (χ4n) is 2.93. The highest BCUT2D eigenvalue weighted by Crippen LogP contribution is 2.36. The molecule has 29 heavy (non-hydrogen) atoms. The molecule has 0 spiro atoms. The SMILES string of the molecule is COc1cc2nc(C)nc(NCc3cc(N)cc(C(F)(F)F)c3F)c2cc1OC. The van der Waals surface area contributed by atoms with Crippen LogP contribution >= 0.6 is 0 Å². The van der Waals surface area contributed by atoms with Crippen molar-refractivity contribution < 1.29 is 27.0 Å². The highest BCUT2D eigenvalue weighted by molar-refractivity contribution is 5.91. The molecule has 3 rings (SSSR count). The van der Waals surface area contributed by atoms with Gasteiger partial charge in [0.15, 0.2) is 11.5 Å². The number of alkyl halides is 3. The van der Waals surface area contributed by atoms with Gasteiger partial charge < -0.3 is 20.5 Å². The third-order valence-electron chi connectivity index (χ3n) is 4.23. The van der Waals surface area contributed by atoms with E-state index in [1.165, 1.54) is 14.2 Å². The smallest absolute Gasteiger partial charge is 0.419 e. The molecule has 0 amide bonds. The number of nitrogens with zero attached hydrogens (tertiary/aromatic N) is 2. The number of halogens is 4. The Bertz CT molecular complexity index is 1070. The molecule has 0 unspecified atom stereocenters. The lowest BCUT2D eigenvalue weighted by Crippen LogP contribution is -2.13. The van der Waals surface area contributed by atoms with E-state index in [1.54, 1.807) is 19.1 Å². The Kier molecular flexibility index (Phi) is 5.36.